The number of aromatic hydroxyl groups is 1. The number of hydrogen-bond donors (Lipinski definition) is 1. The molecular weight excluding hydrogens is 292 g/mol. The van der Waals surface area contributed by atoms with Crippen molar-refractivity contribution < 1.29 is 14.7 Å². The fraction of sp³-hybridized carbons (Fsp3) is 0.389. The highest BCUT2D eigenvalue weighted by atomic mass is 16.3. The Kier molecular flexibility index (Phi) is 2.33. The summed E-state index contributed by atoms with van der Waals surface area (Å²) in [5.74, 6) is -0.347. The highest BCUT2D eigenvalue weighted by Crippen LogP contribution is 2.73. The van der Waals surface area contributed by atoms with E-state index in [-0.39, 0.29) is 46.7 Å². The minimum atomic E-state index is -0.235. The summed E-state index contributed by atoms with van der Waals surface area (Å²) >= 11 is 0. The number of allylic oxidation sites excluding steroid dienone is 2. The Bertz CT molecular complexity index is 759. The molecule has 2 saturated carbocycles. The maximum absolute atomic E-state index is 12.7. The largest absolute Gasteiger partial charge is 0.507 e. The molecular formula is C18H16N2O3. The summed E-state index contributed by atoms with van der Waals surface area (Å²) in [5, 5.41) is 14.9. The van der Waals surface area contributed by atoms with E-state index in [1.165, 1.54) is 6.21 Å². The molecule has 0 radical (unpaired) electrons. The highest BCUT2D eigenvalue weighted by molar-refractivity contribution is 6.07. The number of phenols is 1. The predicted octanol–water partition coefficient (Wildman–Crippen LogP) is 1.92. The fourth-order valence-corrected chi connectivity index (χ4v) is 4.89. The predicted molar refractivity (Wildman–Crippen MR) is 82.3 cm³/mol. The van der Waals surface area contributed by atoms with Crippen LogP contribution < -0.4 is 0 Å². The number of carbonyl (C=O) groups excluding carboxylic acids is 2. The average molecular weight is 308 g/mol. The fourth-order valence-electron chi connectivity index (χ4n) is 4.89. The molecule has 1 N–H and O–H groups in total. The van der Waals surface area contributed by atoms with E-state index >= 15 is 0 Å². The van der Waals surface area contributed by atoms with E-state index in [1.807, 2.05) is 0 Å². The first-order valence-electron chi connectivity index (χ1n) is 8.02. The first-order valence-corrected chi connectivity index (χ1v) is 8.02. The lowest BCUT2D eigenvalue weighted by molar-refractivity contribution is -0.141. The Morgan fingerprint density at radius 2 is 1.70 bits per heavy atom. The van der Waals surface area contributed by atoms with Gasteiger partial charge in [0.2, 0.25) is 0 Å². The van der Waals surface area contributed by atoms with Crippen LogP contribution in [0.4, 0.5) is 0 Å². The summed E-state index contributed by atoms with van der Waals surface area (Å²) in [7, 11) is 0. The zero-order chi connectivity index (χ0) is 15.8. The van der Waals surface area contributed by atoms with Gasteiger partial charge in [0.05, 0.1) is 18.1 Å². The molecule has 4 atom stereocenters. The molecule has 5 heteroatoms. The number of fused-ring (bicyclic) bond motifs is 3. The van der Waals surface area contributed by atoms with Crippen molar-refractivity contribution >= 4 is 18.0 Å². The Labute approximate surface area is 133 Å². The van der Waals surface area contributed by atoms with Gasteiger partial charge < -0.3 is 5.11 Å². The number of rotatable bonds is 2. The quantitative estimate of drug-likeness (QED) is 0.515. The summed E-state index contributed by atoms with van der Waals surface area (Å²) in [6.07, 6.45) is 7.92. The van der Waals surface area contributed by atoms with Gasteiger partial charge in [0.1, 0.15) is 5.75 Å². The van der Waals surface area contributed by atoms with Crippen LogP contribution >= 0.6 is 0 Å². The van der Waals surface area contributed by atoms with Crippen molar-refractivity contribution in [1.82, 2.24) is 5.01 Å². The maximum Gasteiger partial charge on any atom is 0.254 e. The molecule has 1 heterocycles. The number of nitrogens with zero attached hydrogens (tertiary/aromatic N) is 2. The molecule has 0 aromatic heterocycles. The third-order valence-electron chi connectivity index (χ3n) is 6.08. The van der Waals surface area contributed by atoms with Crippen LogP contribution in [0.2, 0.25) is 0 Å². The molecule has 3 aliphatic carbocycles. The molecule has 5 rings (SSSR count). The van der Waals surface area contributed by atoms with Crippen molar-refractivity contribution in [1.29, 1.82) is 0 Å². The number of carbonyl (C=O) groups is 2. The summed E-state index contributed by atoms with van der Waals surface area (Å²) in [4.78, 5) is 25.4. The van der Waals surface area contributed by atoms with Crippen LogP contribution in [0, 0.1) is 29.1 Å². The van der Waals surface area contributed by atoms with Gasteiger partial charge in [-0.2, -0.15) is 10.1 Å². The minimum Gasteiger partial charge on any atom is -0.507 e. The number of hydrogen-bond acceptors (Lipinski definition) is 4. The van der Waals surface area contributed by atoms with E-state index in [9.17, 15) is 14.7 Å². The molecule has 23 heavy (non-hydrogen) atoms. The van der Waals surface area contributed by atoms with Crippen molar-refractivity contribution in [2.24, 2.45) is 34.2 Å². The molecule has 4 aliphatic rings. The molecule has 1 aliphatic heterocycles. The number of imide groups is 1. The van der Waals surface area contributed by atoms with E-state index in [1.54, 1.807) is 24.3 Å². The second-order valence-electron chi connectivity index (χ2n) is 7.01. The van der Waals surface area contributed by atoms with Gasteiger partial charge in [-0.05, 0) is 42.2 Å². The molecule has 1 aromatic rings. The van der Waals surface area contributed by atoms with Gasteiger partial charge in [0.25, 0.3) is 11.8 Å². The van der Waals surface area contributed by atoms with Crippen LogP contribution in [0.15, 0.2) is 41.5 Å². The third kappa shape index (κ3) is 1.49. The normalized spacial score (nSPS) is 35.7. The second-order valence-corrected chi connectivity index (χ2v) is 7.01. The van der Waals surface area contributed by atoms with Crippen LogP contribution in [0.3, 0.4) is 0 Å². The van der Waals surface area contributed by atoms with Gasteiger partial charge in [0.15, 0.2) is 0 Å². The van der Waals surface area contributed by atoms with Gasteiger partial charge in [-0.3, -0.25) is 9.59 Å². The Morgan fingerprint density at radius 1 is 1.09 bits per heavy atom. The van der Waals surface area contributed by atoms with Crippen LogP contribution in [0.5, 0.6) is 5.75 Å². The van der Waals surface area contributed by atoms with E-state index < -0.39 is 0 Å². The number of hydrazone groups is 1. The van der Waals surface area contributed by atoms with Crippen LogP contribution in [0.1, 0.15) is 18.4 Å². The van der Waals surface area contributed by atoms with Crippen molar-refractivity contribution in [2.75, 3.05) is 0 Å². The van der Waals surface area contributed by atoms with Crippen LogP contribution in [-0.4, -0.2) is 28.1 Å². The minimum absolute atomic E-state index is 0.0780. The number of amides is 2. The molecule has 3 fully saturated rings. The van der Waals surface area contributed by atoms with Gasteiger partial charge in [-0.1, -0.05) is 24.3 Å². The molecule has 2 amide bonds. The molecule has 1 saturated heterocycles. The lowest BCUT2D eigenvalue weighted by Crippen LogP contribution is -2.30. The van der Waals surface area contributed by atoms with E-state index in [0.717, 1.165) is 17.9 Å². The Balaban J connectivity index is 1.46. The van der Waals surface area contributed by atoms with Crippen LogP contribution in [-0.2, 0) is 9.59 Å². The number of para-hydroxylation sites is 1. The summed E-state index contributed by atoms with van der Waals surface area (Å²) < 4.78 is 0. The smallest absolute Gasteiger partial charge is 0.254 e. The first-order chi connectivity index (χ1) is 11.1. The highest BCUT2D eigenvalue weighted by Gasteiger charge is 2.73. The second kappa shape index (κ2) is 4.10. The molecule has 2 bridgehead atoms. The number of benzene rings is 1. The summed E-state index contributed by atoms with van der Waals surface area (Å²) in [6, 6.07) is 6.71. The zero-order valence-corrected chi connectivity index (χ0v) is 12.4. The molecule has 5 nitrogen and oxygen atoms in total. The van der Waals surface area contributed by atoms with Crippen molar-refractivity contribution in [2.45, 2.75) is 12.8 Å². The standard InChI is InChI=1S/C18H16N2O3/c21-13-4-2-1-3-10(13)9-19-20-16(22)14-11-5-6-12(15(14)17(20)23)18(11)7-8-18/h1-6,9,11-12,14-15,21H,7-8H2/b19-9+/t11-,12+,14+,15-. The lowest BCUT2D eigenvalue weighted by atomic mass is 9.85. The Hall–Kier alpha value is -2.43. The van der Waals surface area contributed by atoms with E-state index in [4.69, 9.17) is 0 Å². The SMILES string of the molecule is O=C1[C@@H]2[C@H](C(=O)N1/N=C/c1ccccc1O)[C@@H]1C=C[C@H]2C12CC2. The van der Waals surface area contributed by atoms with Gasteiger partial charge in [-0.15, -0.1) is 0 Å². The van der Waals surface area contributed by atoms with Gasteiger partial charge >= 0.3 is 0 Å². The van der Waals surface area contributed by atoms with Crippen LogP contribution in [0.25, 0.3) is 0 Å². The third-order valence-corrected chi connectivity index (χ3v) is 6.08. The van der Waals surface area contributed by atoms with E-state index in [2.05, 4.69) is 17.3 Å². The first kappa shape index (κ1) is 13.0. The molecule has 1 aromatic carbocycles. The van der Waals surface area contributed by atoms with E-state index in [0.29, 0.717) is 5.56 Å². The topological polar surface area (TPSA) is 70.0 Å². The lowest BCUT2D eigenvalue weighted by Gasteiger charge is -2.18. The van der Waals surface area contributed by atoms with Gasteiger partial charge in [-0.25, -0.2) is 0 Å². The van der Waals surface area contributed by atoms with Crippen molar-refractivity contribution in [3.63, 3.8) is 0 Å². The van der Waals surface area contributed by atoms with Crippen molar-refractivity contribution in [3.05, 3.63) is 42.0 Å². The average Bonchev–Trinajstić information content (AvgIpc) is 3.15. The van der Waals surface area contributed by atoms with Crippen molar-refractivity contribution in [3.8, 4) is 5.75 Å². The zero-order valence-electron chi connectivity index (χ0n) is 12.4. The monoisotopic (exact) mass is 308 g/mol. The molecule has 1 spiro atoms. The summed E-state index contributed by atoms with van der Waals surface area (Å²) in [6.45, 7) is 0. The Morgan fingerprint density at radius 3 is 2.26 bits per heavy atom. The molecule has 116 valence electrons. The maximum atomic E-state index is 12.7. The number of phenolic OH excluding ortho intramolecular Hbond substituents is 1. The summed E-state index contributed by atoms with van der Waals surface area (Å²) in [5.41, 5.74) is 0.693. The van der Waals surface area contributed by atoms with Gasteiger partial charge in [0, 0.05) is 5.56 Å². The molecule has 0 unspecified atom stereocenters.